The van der Waals surface area contributed by atoms with E-state index in [1.165, 1.54) is 4.90 Å². The predicted molar refractivity (Wildman–Crippen MR) is 148 cm³/mol. The Morgan fingerprint density at radius 2 is 1.61 bits per heavy atom. The summed E-state index contributed by atoms with van der Waals surface area (Å²) in [5.41, 5.74) is 4.45. The summed E-state index contributed by atoms with van der Waals surface area (Å²) in [4.78, 5) is 47.1. The van der Waals surface area contributed by atoms with Crippen molar-refractivity contribution in [2.45, 2.75) is 18.9 Å². The fourth-order valence-electron chi connectivity index (χ4n) is 5.30. The third-order valence-corrected chi connectivity index (χ3v) is 7.25. The van der Waals surface area contributed by atoms with Crippen molar-refractivity contribution >= 4 is 39.9 Å². The van der Waals surface area contributed by atoms with Gasteiger partial charge in [-0.25, -0.2) is 0 Å². The molecule has 1 aromatic heterocycles. The van der Waals surface area contributed by atoms with Crippen LogP contribution in [-0.4, -0.2) is 53.3 Å². The highest BCUT2D eigenvalue weighted by molar-refractivity contribution is 6.10. The highest BCUT2D eigenvalue weighted by atomic mass is 16.2. The van der Waals surface area contributed by atoms with Crippen LogP contribution in [0.3, 0.4) is 0 Å². The van der Waals surface area contributed by atoms with Gasteiger partial charge in [0, 0.05) is 29.6 Å². The van der Waals surface area contributed by atoms with Crippen LogP contribution in [0.5, 0.6) is 0 Å². The van der Waals surface area contributed by atoms with Gasteiger partial charge < -0.3 is 20.1 Å². The predicted octanol–water partition coefficient (Wildman–Crippen LogP) is 4.37. The molecule has 1 saturated heterocycles. The van der Waals surface area contributed by atoms with E-state index in [1.807, 2.05) is 83.8 Å². The largest absolute Gasteiger partial charge is 0.351 e. The van der Waals surface area contributed by atoms with E-state index >= 15 is 0 Å². The number of para-hydroxylation sites is 2. The summed E-state index contributed by atoms with van der Waals surface area (Å²) in [7, 11) is 0. The number of carbonyl (C=O) groups is 3. The number of rotatable bonds is 5. The molecule has 2 aliphatic rings. The normalized spacial score (nSPS) is 17.2. The topological polar surface area (TPSA) is 85.5 Å². The molecule has 7 heteroatoms. The highest BCUT2D eigenvalue weighted by Gasteiger charge is 2.34. The van der Waals surface area contributed by atoms with Gasteiger partial charge in [0.05, 0.1) is 5.69 Å². The first kappa shape index (κ1) is 23.7. The average molecular weight is 505 g/mol. The lowest BCUT2D eigenvalue weighted by Crippen LogP contribution is -2.50. The lowest BCUT2D eigenvalue weighted by molar-refractivity contribution is -0.130. The van der Waals surface area contributed by atoms with E-state index in [-0.39, 0.29) is 24.3 Å². The maximum Gasteiger partial charge on any atom is 0.268 e. The first-order chi connectivity index (χ1) is 18.6. The number of hydrogen-bond acceptors (Lipinski definition) is 3. The number of nitrogens with one attached hydrogen (secondary N) is 2. The molecule has 38 heavy (non-hydrogen) atoms. The Labute approximate surface area is 220 Å². The fourth-order valence-corrected chi connectivity index (χ4v) is 5.30. The zero-order valence-electron chi connectivity index (χ0n) is 20.9. The summed E-state index contributed by atoms with van der Waals surface area (Å²) in [5, 5.41) is 3.84. The van der Waals surface area contributed by atoms with Crippen LogP contribution in [0.25, 0.3) is 16.5 Å². The van der Waals surface area contributed by atoms with Crippen molar-refractivity contribution in [3.8, 4) is 0 Å². The Bertz CT molecular complexity index is 1520. The SMILES string of the molecule is O=C(NC1C=C(c2ccccc2)c2ccccc2N(CC(=O)N2CCCC2)C1=O)c1cc2ccccc2[nH]1. The Morgan fingerprint density at radius 3 is 2.39 bits per heavy atom. The van der Waals surface area contributed by atoms with Gasteiger partial charge in [-0.15, -0.1) is 0 Å². The third-order valence-electron chi connectivity index (χ3n) is 7.25. The Kier molecular flexibility index (Phi) is 6.25. The quantitative estimate of drug-likeness (QED) is 0.423. The molecule has 4 aromatic rings. The number of amides is 3. The molecule has 1 unspecified atom stereocenters. The van der Waals surface area contributed by atoms with E-state index in [0.717, 1.165) is 40.4 Å². The van der Waals surface area contributed by atoms with Crippen molar-refractivity contribution in [1.82, 2.24) is 15.2 Å². The lowest BCUT2D eigenvalue weighted by atomic mass is 9.95. The van der Waals surface area contributed by atoms with Gasteiger partial charge in [0.15, 0.2) is 0 Å². The van der Waals surface area contributed by atoms with Crippen LogP contribution >= 0.6 is 0 Å². The molecule has 1 atom stereocenters. The number of aromatic nitrogens is 1. The van der Waals surface area contributed by atoms with Crippen molar-refractivity contribution in [2.75, 3.05) is 24.5 Å². The van der Waals surface area contributed by atoms with Crippen LogP contribution in [0.1, 0.15) is 34.5 Å². The second-order valence-electron chi connectivity index (χ2n) is 9.70. The van der Waals surface area contributed by atoms with Crippen LogP contribution in [0.2, 0.25) is 0 Å². The fraction of sp³-hybridized carbons (Fsp3) is 0.194. The first-order valence-corrected chi connectivity index (χ1v) is 12.9. The maximum atomic E-state index is 14.1. The van der Waals surface area contributed by atoms with E-state index in [4.69, 9.17) is 0 Å². The van der Waals surface area contributed by atoms with Gasteiger partial charge in [0.2, 0.25) is 5.91 Å². The van der Waals surface area contributed by atoms with Crippen molar-refractivity contribution in [2.24, 2.45) is 0 Å². The third kappa shape index (κ3) is 4.47. The van der Waals surface area contributed by atoms with Gasteiger partial charge in [-0.1, -0.05) is 66.7 Å². The molecule has 190 valence electrons. The summed E-state index contributed by atoms with van der Waals surface area (Å²) in [5.74, 6) is -0.824. The number of carbonyl (C=O) groups excluding carboxylic acids is 3. The Balaban J connectivity index is 1.40. The van der Waals surface area contributed by atoms with Crippen LogP contribution in [0.4, 0.5) is 5.69 Å². The molecule has 3 amide bonds. The van der Waals surface area contributed by atoms with E-state index < -0.39 is 6.04 Å². The van der Waals surface area contributed by atoms with Gasteiger partial charge in [-0.3, -0.25) is 14.4 Å². The van der Waals surface area contributed by atoms with Crippen LogP contribution < -0.4 is 10.2 Å². The lowest BCUT2D eigenvalue weighted by Gasteiger charge is -2.27. The number of likely N-dealkylation sites (tertiary alicyclic amines) is 1. The summed E-state index contributed by atoms with van der Waals surface area (Å²) >= 11 is 0. The van der Waals surface area contributed by atoms with Crippen molar-refractivity contribution in [1.29, 1.82) is 0 Å². The number of nitrogens with zero attached hydrogens (tertiary/aromatic N) is 2. The molecule has 2 N–H and O–H groups in total. The van der Waals surface area contributed by atoms with Crippen molar-refractivity contribution in [3.63, 3.8) is 0 Å². The molecule has 0 radical (unpaired) electrons. The Hall–Kier alpha value is -4.65. The number of H-pyrrole nitrogens is 1. The number of anilines is 1. The second-order valence-corrected chi connectivity index (χ2v) is 9.70. The minimum atomic E-state index is -0.970. The van der Waals surface area contributed by atoms with E-state index in [0.29, 0.717) is 24.5 Å². The van der Waals surface area contributed by atoms with Crippen molar-refractivity contribution in [3.05, 3.63) is 108 Å². The molecule has 0 saturated carbocycles. The summed E-state index contributed by atoms with van der Waals surface area (Å²) in [6, 6.07) is 25.8. The van der Waals surface area contributed by atoms with Gasteiger partial charge in [-0.2, -0.15) is 0 Å². The van der Waals surface area contributed by atoms with Crippen LogP contribution in [-0.2, 0) is 9.59 Å². The molecule has 7 nitrogen and oxygen atoms in total. The van der Waals surface area contributed by atoms with Gasteiger partial charge in [0.1, 0.15) is 18.3 Å². The smallest absolute Gasteiger partial charge is 0.268 e. The van der Waals surface area contributed by atoms with E-state index in [1.54, 1.807) is 12.1 Å². The van der Waals surface area contributed by atoms with Crippen molar-refractivity contribution < 1.29 is 14.4 Å². The monoisotopic (exact) mass is 504 g/mol. The van der Waals surface area contributed by atoms with Crippen LogP contribution in [0.15, 0.2) is 91.0 Å². The summed E-state index contributed by atoms with van der Waals surface area (Å²) < 4.78 is 0. The number of fused-ring (bicyclic) bond motifs is 2. The van der Waals surface area contributed by atoms with E-state index in [2.05, 4.69) is 10.3 Å². The minimum Gasteiger partial charge on any atom is -0.351 e. The first-order valence-electron chi connectivity index (χ1n) is 12.9. The van der Waals surface area contributed by atoms with E-state index in [9.17, 15) is 14.4 Å². The molecular formula is C31H28N4O3. The minimum absolute atomic E-state index is 0.0789. The summed E-state index contributed by atoms with van der Waals surface area (Å²) in [6.45, 7) is 1.33. The maximum absolute atomic E-state index is 14.1. The standard InChI is InChI=1S/C31H28N4O3/c36-29(34-16-8-9-17-34)20-35-28-15-7-5-13-23(28)24(21-10-2-1-3-11-21)19-27(31(35)38)33-30(37)26-18-22-12-4-6-14-25(22)32-26/h1-7,10-15,18-19,27,32H,8-9,16-17,20H2,(H,33,37). The molecule has 0 spiro atoms. The molecule has 3 aromatic carbocycles. The number of aromatic amines is 1. The zero-order valence-corrected chi connectivity index (χ0v) is 20.9. The molecule has 1 fully saturated rings. The molecular weight excluding hydrogens is 476 g/mol. The number of benzene rings is 3. The van der Waals surface area contributed by atoms with Gasteiger partial charge >= 0.3 is 0 Å². The number of hydrogen-bond donors (Lipinski definition) is 2. The average Bonchev–Trinajstić information content (AvgIpc) is 3.63. The molecule has 2 aliphatic heterocycles. The van der Waals surface area contributed by atoms with Gasteiger partial charge in [-0.05, 0) is 48.3 Å². The van der Waals surface area contributed by atoms with Crippen LogP contribution in [0, 0.1) is 0 Å². The summed E-state index contributed by atoms with van der Waals surface area (Å²) in [6.07, 6.45) is 3.75. The second kappa shape index (κ2) is 10.0. The molecule has 6 rings (SSSR count). The molecule has 0 aliphatic carbocycles. The highest BCUT2D eigenvalue weighted by Crippen LogP contribution is 2.35. The molecule has 3 heterocycles. The Morgan fingerprint density at radius 1 is 0.895 bits per heavy atom. The molecule has 0 bridgehead atoms. The zero-order chi connectivity index (χ0) is 26.1. The van der Waals surface area contributed by atoms with Gasteiger partial charge in [0.25, 0.3) is 11.8 Å².